The minimum absolute atomic E-state index is 0.153. The maximum atomic E-state index is 12.4. The van der Waals surface area contributed by atoms with E-state index < -0.39 is 0 Å². The number of amides is 1. The predicted octanol–water partition coefficient (Wildman–Crippen LogP) is 3.08. The molecule has 0 radical (unpaired) electrons. The minimum atomic E-state index is -0.153. The van der Waals surface area contributed by atoms with Gasteiger partial charge in [-0.15, -0.1) is 11.3 Å². The fourth-order valence-corrected chi connectivity index (χ4v) is 2.78. The number of nitrogens with zero attached hydrogens (tertiary/aromatic N) is 1. The molecule has 112 valence electrons. The van der Waals surface area contributed by atoms with Gasteiger partial charge in [0.25, 0.3) is 5.91 Å². The third kappa shape index (κ3) is 3.01. The Hall–Kier alpha value is -2.60. The van der Waals surface area contributed by atoms with Crippen LogP contribution in [0.5, 0.6) is 5.75 Å². The quantitative estimate of drug-likeness (QED) is 0.760. The van der Waals surface area contributed by atoms with Crippen LogP contribution in [0.15, 0.2) is 48.0 Å². The molecule has 0 bridgehead atoms. The first kappa shape index (κ1) is 14.3. The Balaban J connectivity index is 1.80. The average molecular weight is 313 g/mol. The third-order valence-electron chi connectivity index (χ3n) is 3.25. The van der Waals surface area contributed by atoms with Crippen molar-refractivity contribution in [3.05, 3.63) is 58.4 Å². The van der Waals surface area contributed by atoms with Gasteiger partial charge in [0, 0.05) is 10.4 Å². The third-order valence-corrected chi connectivity index (χ3v) is 4.12. The van der Waals surface area contributed by atoms with Gasteiger partial charge >= 0.3 is 0 Å². The molecule has 0 spiro atoms. The van der Waals surface area contributed by atoms with Crippen LogP contribution in [0.3, 0.4) is 0 Å². The molecule has 0 saturated carbocycles. The van der Waals surface area contributed by atoms with Gasteiger partial charge in [0.15, 0.2) is 0 Å². The monoisotopic (exact) mass is 313 g/mol. The zero-order chi connectivity index (χ0) is 15.4. The maximum absolute atomic E-state index is 12.4. The molecule has 0 atom stereocenters. The molecular weight excluding hydrogens is 298 g/mol. The zero-order valence-corrected chi connectivity index (χ0v) is 12.8. The van der Waals surface area contributed by atoms with Crippen molar-refractivity contribution in [1.82, 2.24) is 15.5 Å². The van der Waals surface area contributed by atoms with Crippen LogP contribution in [0.1, 0.15) is 15.2 Å². The molecule has 0 aliphatic heterocycles. The van der Waals surface area contributed by atoms with Crippen molar-refractivity contribution >= 4 is 17.2 Å². The molecule has 0 fully saturated rings. The van der Waals surface area contributed by atoms with Crippen molar-refractivity contribution in [3.63, 3.8) is 0 Å². The number of hydrogen-bond acceptors (Lipinski definition) is 4. The second-order valence-corrected chi connectivity index (χ2v) is 5.68. The van der Waals surface area contributed by atoms with Crippen LogP contribution in [-0.2, 0) is 6.54 Å². The van der Waals surface area contributed by atoms with E-state index in [0.29, 0.717) is 17.8 Å². The number of carbonyl (C=O) groups excluding carboxylic acids is 1. The first-order chi connectivity index (χ1) is 10.8. The Morgan fingerprint density at radius 1 is 1.36 bits per heavy atom. The van der Waals surface area contributed by atoms with Crippen LogP contribution in [-0.4, -0.2) is 23.2 Å². The van der Waals surface area contributed by atoms with Crippen LogP contribution in [0.25, 0.3) is 11.3 Å². The molecule has 22 heavy (non-hydrogen) atoms. The number of methoxy groups -OCH3 is 1. The van der Waals surface area contributed by atoms with Crippen molar-refractivity contribution < 1.29 is 9.53 Å². The van der Waals surface area contributed by atoms with Crippen LogP contribution >= 0.6 is 11.3 Å². The van der Waals surface area contributed by atoms with Gasteiger partial charge in [-0.05, 0) is 23.6 Å². The number of carbonyl (C=O) groups is 1. The molecule has 0 aliphatic carbocycles. The number of nitrogens with one attached hydrogen (secondary N) is 2. The number of ether oxygens (including phenoxy) is 1. The lowest BCUT2D eigenvalue weighted by molar-refractivity contribution is 0.0952. The summed E-state index contributed by atoms with van der Waals surface area (Å²) in [4.78, 5) is 13.5. The molecule has 0 saturated heterocycles. The van der Waals surface area contributed by atoms with Crippen LogP contribution in [0, 0.1) is 0 Å². The highest BCUT2D eigenvalue weighted by molar-refractivity contribution is 7.09. The smallest absolute Gasteiger partial charge is 0.255 e. The van der Waals surface area contributed by atoms with Gasteiger partial charge in [0.2, 0.25) is 0 Å². The largest absolute Gasteiger partial charge is 0.497 e. The molecule has 0 unspecified atom stereocenters. The van der Waals surface area contributed by atoms with E-state index in [1.807, 2.05) is 41.8 Å². The summed E-state index contributed by atoms with van der Waals surface area (Å²) < 4.78 is 5.22. The molecule has 3 rings (SSSR count). The van der Waals surface area contributed by atoms with Crippen LogP contribution in [0.2, 0.25) is 0 Å². The molecule has 0 aliphatic rings. The Morgan fingerprint density at radius 2 is 2.27 bits per heavy atom. The van der Waals surface area contributed by atoms with E-state index >= 15 is 0 Å². The lowest BCUT2D eigenvalue weighted by atomic mass is 10.1. The van der Waals surface area contributed by atoms with E-state index in [0.717, 1.165) is 16.2 Å². The van der Waals surface area contributed by atoms with E-state index in [2.05, 4.69) is 15.5 Å². The van der Waals surface area contributed by atoms with Gasteiger partial charge in [-0.25, -0.2) is 0 Å². The number of benzene rings is 1. The Morgan fingerprint density at radius 3 is 3.05 bits per heavy atom. The zero-order valence-electron chi connectivity index (χ0n) is 12.0. The fraction of sp³-hybridized carbons (Fsp3) is 0.125. The number of hydrogen-bond donors (Lipinski definition) is 2. The molecule has 5 nitrogen and oxygen atoms in total. The van der Waals surface area contributed by atoms with Crippen LogP contribution < -0.4 is 10.1 Å². The van der Waals surface area contributed by atoms with E-state index in [-0.39, 0.29) is 5.91 Å². The van der Waals surface area contributed by atoms with Gasteiger partial charge < -0.3 is 10.1 Å². The molecule has 2 aromatic heterocycles. The number of thiophene rings is 1. The SMILES string of the molecule is COc1cccc(-c2[nH]ncc2C(=O)NCc2cccs2)c1. The summed E-state index contributed by atoms with van der Waals surface area (Å²) in [5, 5.41) is 11.8. The van der Waals surface area contributed by atoms with Gasteiger partial charge in [-0.3, -0.25) is 9.89 Å². The maximum Gasteiger partial charge on any atom is 0.255 e. The van der Waals surface area contributed by atoms with Crippen molar-refractivity contribution in [2.75, 3.05) is 7.11 Å². The molecule has 1 aromatic carbocycles. The second kappa shape index (κ2) is 6.44. The van der Waals surface area contributed by atoms with Crippen molar-refractivity contribution in [1.29, 1.82) is 0 Å². The summed E-state index contributed by atoms with van der Waals surface area (Å²) in [7, 11) is 1.61. The summed E-state index contributed by atoms with van der Waals surface area (Å²) in [6, 6.07) is 11.5. The standard InChI is InChI=1S/C16H15N3O2S/c1-21-12-5-2-4-11(8-12)15-14(10-18-19-15)16(20)17-9-13-6-3-7-22-13/h2-8,10H,9H2,1H3,(H,17,20)(H,18,19). The average Bonchev–Trinajstić information content (AvgIpc) is 3.24. The van der Waals surface area contributed by atoms with Gasteiger partial charge in [0.1, 0.15) is 5.75 Å². The molecule has 3 aromatic rings. The predicted molar refractivity (Wildman–Crippen MR) is 86.1 cm³/mol. The lowest BCUT2D eigenvalue weighted by Gasteiger charge is -2.06. The summed E-state index contributed by atoms with van der Waals surface area (Å²) in [5.41, 5.74) is 2.06. The van der Waals surface area contributed by atoms with Gasteiger partial charge in [0.05, 0.1) is 31.1 Å². The number of H-pyrrole nitrogens is 1. The van der Waals surface area contributed by atoms with E-state index in [9.17, 15) is 4.79 Å². The van der Waals surface area contributed by atoms with Gasteiger partial charge in [-0.2, -0.15) is 5.10 Å². The first-order valence-electron chi connectivity index (χ1n) is 6.76. The first-order valence-corrected chi connectivity index (χ1v) is 7.64. The molecular formula is C16H15N3O2S. The molecule has 2 N–H and O–H groups in total. The Bertz CT molecular complexity index is 765. The molecule has 1 amide bonds. The van der Waals surface area contributed by atoms with Crippen LogP contribution in [0.4, 0.5) is 0 Å². The van der Waals surface area contributed by atoms with Crippen molar-refractivity contribution in [2.24, 2.45) is 0 Å². The van der Waals surface area contributed by atoms with Crippen molar-refractivity contribution in [3.8, 4) is 17.0 Å². The highest BCUT2D eigenvalue weighted by Gasteiger charge is 2.15. The molecule has 6 heteroatoms. The lowest BCUT2D eigenvalue weighted by Crippen LogP contribution is -2.22. The number of rotatable bonds is 5. The van der Waals surface area contributed by atoms with Crippen molar-refractivity contribution in [2.45, 2.75) is 6.54 Å². The summed E-state index contributed by atoms with van der Waals surface area (Å²) in [5.74, 6) is 0.581. The highest BCUT2D eigenvalue weighted by atomic mass is 32.1. The number of aromatic nitrogens is 2. The van der Waals surface area contributed by atoms with E-state index in [4.69, 9.17) is 4.74 Å². The topological polar surface area (TPSA) is 67.0 Å². The minimum Gasteiger partial charge on any atom is -0.497 e. The summed E-state index contributed by atoms with van der Waals surface area (Å²) >= 11 is 1.61. The normalized spacial score (nSPS) is 10.4. The number of aromatic amines is 1. The highest BCUT2D eigenvalue weighted by Crippen LogP contribution is 2.25. The van der Waals surface area contributed by atoms with E-state index in [1.54, 1.807) is 24.6 Å². The Kier molecular flexibility index (Phi) is 4.20. The van der Waals surface area contributed by atoms with E-state index in [1.165, 1.54) is 0 Å². The Labute approximate surface area is 132 Å². The van der Waals surface area contributed by atoms with Gasteiger partial charge in [-0.1, -0.05) is 18.2 Å². The fourth-order valence-electron chi connectivity index (χ4n) is 2.13. The molecule has 2 heterocycles. The second-order valence-electron chi connectivity index (χ2n) is 4.65. The summed E-state index contributed by atoms with van der Waals surface area (Å²) in [6.07, 6.45) is 1.54. The summed E-state index contributed by atoms with van der Waals surface area (Å²) in [6.45, 7) is 0.513.